The van der Waals surface area contributed by atoms with Crippen molar-refractivity contribution in [3.63, 3.8) is 0 Å². The quantitative estimate of drug-likeness (QED) is 0.681. The molecule has 0 bridgehead atoms. The Kier molecular flexibility index (Phi) is 8.08. The van der Waals surface area contributed by atoms with E-state index in [2.05, 4.69) is 33.0 Å². The van der Waals surface area contributed by atoms with Crippen molar-refractivity contribution in [2.75, 3.05) is 13.2 Å². The molecule has 0 spiro atoms. The Morgan fingerprint density at radius 3 is 2.70 bits per heavy atom. The van der Waals surface area contributed by atoms with E-state index in [1.807, 2.05) is 0 Å². The van der Waals surface area contributed by atoms with Crippen LogP contribution in [0.4, 0.5) is 0 Å². The Morgan fingerprint density at radius 2 is 2.10 bits per heavy atom. The first-order chi connectivity index (χ1) is 9.53. The minimum absolute atomic E-state index is 0.170. The van der Waals surface area contributed by atoms with Gasteiger partial charge in [0.2, 0.25) is 0 Å². The fourth-order valence-electron chi connectivity index (χ4n) is 3.37. The summed E-state index contributed by atoms with van der Waals surface area (Å²) in [5.74, 6) is 0.850. The number of hydrogen-bond donors (Lipinski definition) is 2. The van der Waals surface area contributed by atoms with E-state index in [0.29, 0.717) is 6.10 Å². The van der Waals surface area contributed by atoms with Gasteiger partial charge in [0.05, 0.1) is 18.8 Å². The fourth-order valence-corrected chi connectivity index (χ4v) is 3.37. The number of aliphatic hydroxyl groups excluding tert-OH is 1. The molecule has 1 saturated carbocycles. The fraction of sp³-hybridized carbons (Fsp3) is 1.00. The maximum absolute atomic E-state index is 9.63. The second-order valence-electron chi connectivity index (χ2n) is 6.86. The molecule has 3 nitrogen and oxygen atoms in total. The lowest BCUT2D eigenvalue weighted by Crippen LogP contribution is -2.48. The molecule has 0 saturated heterocycles. The zero-order valence-electron chi connectivity index (χ0n) is 14.0. The molecule has 3 heteroatoms. The molecule has 4 atom stereocenters. The molecule has 2 N–H and O–H groups in total. The SMILES string of the molecule is CCCNC(C)(CO)CC(C)OC1CCCC(CC)C1. The van der Waals surface area contributed by atoms with Crippen LogP contribution < -0.4 is 5.32 Å². The molecule has 0 aromatic rings. The first kappa shape index (κ1) is 17.9. The van der Waals surface area contributed by atoms with Crippen LogP contribution in [0.5, 0.6) is 0 Å². The Hall–Kier alpha value is -0.120. The molecular formula is C17H35NO2. The lowest BCUT2D eigenvalue weighted by atomic mass is 9.85. The van der Waals surface area contributed by atoms with Gasteiger partial charge >= 0.3 is 0 Å². The average molecular weight is 285 g/mol. The summed E-state index contributed by atoms with van der Waals surface area (Å²) in [6.45, 7) is 9.80. The Bertz CT molecular complexity index is 259. The molecule has 20 heavy (non-hydrogen) atoms. The summed E-state index contributed by atoms with van der Waals surface area (Å²) >= 11 is 0. The van der Waals surface area contributed by atoms with E-state index >= 15 is 0 Å². The maximum atomic E-state index is 9.63. The predicted octanol–water partition coefficient (Wildman–Crippen LogP) is 3.50. The normalized spacial score (nSPS) is 28.1. The number of ether oxygens (including phenoxy) is 1. The van der Waals surface area contributed by atoms with Gasteiger partial charge in [-0.25, -0.2) is 0 Å². The Balaban J connectivity index is 2.38. The van der Waals surface area contributed by atoms with Crippen LogP contribution in [0.15, 0.2) is 0 Å². The van der Waals surface area contributed by atoms with Crippen molar-refractivity contribution in [2.24, 2.45) is 5.92 Å². The van der Waals surface area contributed by atoms with Crippen LogP contribution in [0.3, 0.4) is 0 Å². The van der Waals surface area contributed by atoms with E-state index < -0.39 is 0 Å². The van der Waals surface area contributed by atoms with Gasteiger partial charge in [-0.15, -0.1) is 0 Å². The lowest BCUT2D eigenvalue weighted by Gasteiger charge is -2.35. The monoisotopic (exact) mass is 285 g/mol. The molecule has 0 aliphatic heterocycles. The van der Waals surface area contributed by atoms with Gasteiger partial charge in [-0.1, -0.05) is 33.1 Å². The first-order valence-corrected chi connectivity index (χ1v) is 8.54. The van der Waals surface area contributed by atoms with Gasteiger partial charge in [-0.3, -0.25) is 0 Å². The van der Waals surface area contributed by atoms with E-state index in [0.717, 1.165) is 25.3 Å². The van der Waals surface area contributed by atoms with E-state index in [4.69, 9.17) is 4.74 Å². The molecular weight excluding hydrogens is 250 g/mol. The second kappa shape index (κ2) is 9.01. The Morgan fingerprint density at radius 1 is 1.35 bits per heavy atom. The molecule has 0 radical (unpaired) electrons. The second-order valence-corrected chi connectivity index (χ2v) is 6.86. The predicted molar refractivity (Wildman–Crippen MR) is 85.0 cm³/mol. The summed E-state index contributed by atoms with van der Waals surface area (Å²) in [7, 11) is 0. The molecule has 4 unspecified atom stereocenters. The van der Waals surface area contributed by atoms with Gasteiger partial charge in [0, 0.05) is 5.54 Å². The summed E-state index contributed by atoms with van der Waals surface area (Å²) in [6, 6.07) is 0. The lowest BCUT2D eigenvalue weighted by molar-refractivity contribution is -0.0489. The molecule has 0 aromatic heterocycles. The standard InChI is InChI=1S/C17H35NO2/c1-5-10-18-17(4,13-19)12-14(3)20-16-9-7-8-15(6-2)11-16/h14-16,18-19H,5-13H2,1-4H3. The van der Waals surface area contributed by atoms with Gasteiger partial charge < -0.3 is 15.2 Å². The van der Waals surface area contributed by atoms with Crippen molar-refractivity contribution >= 4 is 0 Å². The topological polar surface area (TPSA) is 41.5 Å². The summed E-state index contributed by atoms with van der Waals surface area (Å²) in [4.78, 5) is 0. The third-order valence-electron chi connectivity index (χ3n) is 4.63. The molecule has 0 amide bonds. The molecule has 1 rings (SSSR count). The van der Waals surface area contributed by atoms with Gasteiger partial charge in [-0.05, 0) is 52.0 Å². The minimum Gasteiger partial charge on any atom is -0.394 e. The van der Waals surface area contributed by atoms with E-state index in [9.17, 15) is 5.11 Å². The van der Waals surface area contributed by atoms with Crippen LogP contribution in [0, 0.1) is 5.92 Å². The van der Waals surface area contributed by atoms with Crippen molar-refractivity contribution in [2.45, 2.75) is 90.4 Å². The van der Waals surface area contributed by atoms with Gasteiger partial charge in [0.15, 0.2) is 0 Å². The third kappa shape index (κ3) is 6.11. The number of aliphatic hydroxyl groups is 1. The van der Waals surface area contributed by atoms with E-state index in [1.54, 1.807) is 0 Å². The van der Waals surface area contributed by atoms with Crippen LogP contribution in [0.25, 0.3) is 0 Å². The number of rotatable bonds is 9. The van der Waals surface area contributed by atoms with Crippen LogP contribution in [-0.2, 0) is 4.74 Å². The van der Waals surface area contributed by atoms with Crippen LogP contribution in [-0.4, -0.2) is 36.0 Å². The zero-order valence-corrected chi connectivity index (χ0v) is 14.0. The van der Waals surface area contributed by atoms with Crippen LogP contribution in [0.1, 0.15) is 72.6 Å². The highest BCUT2D eigenvalue weighted by Crippen LogP contribution is 2.30. The molecule has 1 fully saturated rings. The van der Waals surface area contributed by atoms with Crippen molar-refractivity contribution in [3.8, 4) is 0 Å². The third-order valence-corrected chi connectivity index (χ3v) is 4.63. The highest BCUT2D eigenvalue weighted by atomic mass is 16.5. The van der Waals surface area contributed by atoms with Crippen molar-refractivity contribution in [3.05, 3.63) is 0 Å². The van der Waals surface area contributed by atoms with Crippen molar-refractivity contribution < 1.29 is 9.84 Å². The summed E-state index contributed by atoms with van der Waals surface area (Å²) < 4.78 is 6.25. The van der Waals surface area contributed by atoms with Gasteiger partial charge in [0.25, 0.3) is 0 Å². The number of hydrogen-bond acceptors (Lipinski definition) is 3. The molecule has 0 aromatic carbocycles. The van der Waals surface area contributed by atoms with Gasteiger partial charge in [-0.2, -0.15) is 0 Å². The first-order valence-electron chi connectivity index (χ1n) is 8.54. The average Bonchev–Trinajstić information content (AvgIpc) is 2.45. The van der Waals surface area contributed by atoms with Gasteiger partial charge in [0.1, 0.15) is 0 Å². The minimum atomic E-state index is -0.214. The molecule has 1 aliphatic rings. The summed E-state index contributed by atoms with van der Waals surface area (Å²) in [5, 5.41) is 13.1. The van der Waals surface area contributed by atoms with E-state index in [-0.39, 0.29) is 18.2 Å². The Labute approximate surface area is 125 Å². The zero-order chi connectivity index (χ0) is 15.0. The summed E-state index contributed by atoms with van der Waals surface area (Å²) in [6.07, 6.45) is 8.98. The smallest absolute Gasteiger partial charge is 0.0611 e. The van der Waals surface area contributed by atoms with Crippen molar-refractivity contribution in [1.82, 2.24) is 5.32 Å². The van der Waals surface area contributed by atoms with Crippen LogP contribution in [0.2, 0.25) is 0 Å². The van der Waals surface area contributed by atoms with Crippen LogP contribution >= 0.6 is 0 Å². The largest absolute Gasteiger partial charge is 0.394 e. The van der Waals surface area contributed by atoms with Crippen molar-refractivity contribution in [1.29, 1.82) is 0 Å². The molecule has 120 valence electrons. The number of nitrogens with one attached hydrogen (secondary N) is 1. The maximum Gasteiger partial charge on any atom is 0.0611 e. The highest BCUT2D eigenvalue weighted by molar-refractivity contribution is 4.85. The summed E-state index contributed by atoms with van der Waals surface area (Å²) in [5.41, 5.74) is -0.214. The highest BCUT2D eigenvalue weighted by Gasteiger charge is 2.28. The molecule has 0 heterocycles. The van der Waals surface area contributed by atoms with E-state index in [1.165, 1.54) is 32.1 Å². The molecule has 1 aliphatic carbocycles.